The van der Waals surface area contributed by atoms with Crippen molar-refractivity contribution in [1.29, 1.82) is 0 Å². The minimum atomic E-state index is -1.00. The summed E-state index contributed by atoms with van der Waals surface area (Å²) in [6.45, 7) is 1.84. The lowest BCUT2D eigenvalue weighted by Crippen LogP contribution is -2.11. The fraction of sp³-hybridized carbons (Fsp3) is 0.333. The fourth-order valence-corrected chi connectivity index (χ4v) is 1.91. The number of rotatable bonds is 3. The van der Waals surface area contributed by atoms with Crippen molar-refractivity contribution in [3.63, 3.8) is 0 Å². The number of carbonyl (C=O) groups excluding carboxylic acids is 2. The Kier molecular flexibility index (Phi) is 2.75. The molecule has 0 aromatic heterocycles. The van der Waals surface area contributed by atoms with Gasteiger partial charge in [0.05, 0.1) is 0 Å². The van der Waals surface area contributed by atoms with E-state index in [1.165, 1.54) is 6.07 Å². The normalized spacial score (nSPS) is 17.7. The molecule has 1 unspecified atom stereocenters. The number of Topliss-reactive ketones (excluding diaryl/α,β-unsaturated/α-hetero) is 1. The highest BCUT2D eigenvalue weighted by molar-refractivity contribution is 6.02. The van der Waals surface area contributed by atoms with Crippen LogP contribution in [0.15, 0.2) is 12.1 Å². The van der Waals surface area contributed by atoms with E-state index in [1.54, 1.807) is 0 Å². The molecule has 5 nitrogen and oxygen atoms in total. The number of cyclic esters (lactones) is 1. The number of ether oxygens (including phenoxy) is 1. The first-order valence-corrected chi connectivity index (χ1v) is 5.34. The monoisotopic (exact) mass is 236 g/mol. The van der Waals surface area contributed by atoms with Crippen LogP contribution in [0.25, 0.3) is 0 Å². The summed E-state index contributed by atoms with van der Waals surface area (Å²) in [5, 5.41) is 18.9. The van der Waals surface area contributed by atoms with E-state index in [0.717, 1.165) is 6.07 Å². The second-order valence-corrected chi connectivity index (χ2v) is 3.93. The second kappa shape index (κ2) is 4.08. The Balaban J connectivity index is 2.46. The molecule has 17 heavy (non-hydrogen) atoms. The third-order valence-electron chi connectivity index (χ3n) is 2.63. The summed E-state index contributed by atoms with van der Waals surface area (Å²) < 4.78 is 4.92. The maximum Gasteiger partial charge on any atom is 0.343 e. The average molecular weight is 236 g/mol. The van der Waals surface area contributed by atoms with E-state index in [2.05, 4.69) is 0 Å². The van der Waals surface area contributed by atoms with Crippen molar-refractivity contribution >= 4 is 11.8 Å². The van der Waals surface area contributed by atoms with Crippen molar-refractivity contribution in [1.82, 2.24) is 0 Å². The summed E-state index contributed by atoms with van der Waals surface area (Å²) in [7, 11) is 0. The van der Waals surface area contributed by atoms with Crippen LogP contribution in [0.3, 0.4) is 0 Å². The number of ketones is 1. The summed E-state index contributed by atoms with van der Waals surface area (Å²) in [5.41, 5.74) is 0.211. The lowest BCUT2D eigenvalue weighted by atomic mass is 9.99. The van der Waals surface area contributed by atoms with Gasteiger partial charge in [-0.3, -0.25) is 4.79 Å². The smallest absolute Gasteiger partial charge is 0.343 e. The lowest BCUT2D eigenvalue weighted by molar-refractivity contribution is -0.127. The Morgan fingerprint density at radius 1 is 1.41 bits per heavy atom. The van der Waals surface area contributed by atoms with Crippen LogP contribution >= 0.6 is 0 Å². The largest absolute Gasteiger partial charge is 0.508 e. The van der Waals surface area contributed by atoms with Crippen molar-refractivity contribution in [2.75, 3.05) is 0 Å². The first-order valence-electron chi connectivity index (χ1n) is 5.34. The third-order valence-corrected chi connectivity index (χ3v) is 2.63. The van der Waals surface area contributed by atoms with E-state index in [9.17, 15) is 19.8 Å². The number of phenolic OH excluding ortho intramolecular Hbond substituents is 2. The molecule has 0 amide bonds. The maximum atomic E-state index is 11.7. The minimum absolute atomic E-state index is 0.0303. The highest BCUT2D eigenvalue weighted by Gasteiger charge is 2.38. The van der Waals surface area contributed by atoms with E-state index >= 15 is 0 Å². The SMILES string of the molecule is CCCC(=O)C1OC(=O)c2c(O)cc(O)cc21. The number of hydrogen-bond donors (Lipinski definition) is 2. The van der Waals surface area contributed by atoms with Crippen LogP contribution in [0.4, 0.5) is 0 Å². The summed E-state index contributed by atoms with van der Waals surface area (Å²) in [4.78, 5) is 23.2. The molecule has 1 aromatic rings. The molecular formula is C12H12O5. The quantitative estimate of drug-likeness (QED) is 0.780. The van der Waals surface area contributed by atoms with Crippen molar-refractivity contribution in [3.8, 4) is 11.5 Å². The molecule has 0 saturated carbocycles. The molecule has 0 radical (unpaired) electrons. The highest BCUT2D eigenvalue weighted by atomic mass is 16.6. The third kappa shape index (κ3) is 1.84. The van der Waals surface area contributed by atoms with Gasteiger partial charge in [0.15, 0.2) is 11.9 Å². The highest BCUT2D eigenvalue weighted by Crippen LogP contribution is 2.39. The van der Waals surface area contributed by atoms with Gasteiger partial charge in [0, 0.05) is 18.1 Å². The van der Waals surface area contributed by atoms with E-state index in [0.29, 0.717) is 6.42 Å². The molecule has 90 valence electrons. The maximum absolute atomic E-state index is 11.7. The molecule has 0 saturated heterocycles. The number of fused-ring (bicyclic) bond motifs is 1. The van der Waals surface area contributed by atoms with E-state index in [4.69, 9.17) is 4.74 Å². The van der Waals surface area contributed by atoms with Gasteiger partial charge in [-0.25, -0.2) is 4.79 Å². The van der Waals surface area contributed by atoms with E-state index < -0.39 is 12.1 Å². The second-order valence-electron chi connectivity index (χ2n) is 3.93. The molecule has 0 aliphatic carbocycles. The molecule has 1 heterocycles. The first kappa shape index (κ1) is 11.4. The van der Waals surface area contributed by atoms with Crippen LogP contribution in [0.2, 0.25) is 0 Å². The van der Waals surface area contributed by atoms with Crippen molar-refractivity contribution in [2.24, 2.45) is 0 Å². The predicted molar refractivity (Wildman–Crippen MR) is 57.8 cm³/mol. The number of esters is 1. The predicted octanol–water partition coefficient (Wildman–Crippen LogP) is 1.68. The van der Waals surface area contributed by atoms with Gasteiger partial charge in [-0.1, -0.05) is 6.92 Å². The van der Waals surface area contributed by atoms with Crippen LogP contribution in [0.5, 0.6) is 11.5 Å². The topological polar surface area (TPSA) is 83.8 Å². The zero-order valence-electron chi connectivity index (χ0n) is 9.27. The van der Waals surface area contributed by atoms with Crippen LogP contribution in [0, 0.1) is 0 Å². The van der Waals surface area contributed by atoms with E-state index in [-0.39, 0.29) is 34.8 Å². The van der Waals surface area contributed by atoms with Gasteiger partial charge in [-0.05, 0) is 12.5 Å². The molecule has 1 aromatic carbocycles. The number of phenols is 2. The van der Waals surface area contributed by atoms with Crippen LogP contribution in [0.1, 0.15) is 41.8 Å². The number of carbonyl (C=O) groups is 2. The summed E-state index contributed by atoms with van der Waals surface area (Å²) in [6.07, 6.45) is -0.0728. The van der Waals surface area contributed by atoms with Gasteiger partial charge in [0.25, 0.3) is 0 Å². The minimum Gasteiger partial charge on any atom is -0.508 e. The molecule has 5 heteroatoms. The number of hydrogen-bond acceptors (Lipinski definition) is 5. The van der Waals surface area contributed by atoms with E-state index in [1.807, 2.05) is 6.92 Å². The summed E-state index contributed by atoms with van der Waals surface area (Å²) in [5.74, 6) is -1.53. The van der Waals surface area contributed by atoms with Crippen LogP contribution in [-0.4, -0.2) is 22.0 Å². The van der Waals surface area contributed by atoms with Gasteiger partial charge >= 0.3 is 5.97 Å². The molecule has 1 atom stereocenters. The van der Waals surface area contributed by atoms with Crippen molar-refractivity contribution in [3.05, 3.63) is 23.3 Å². The molecule has 0 spiro atoms. The first-order chi connectivity index (χ1) is 8.04. The van der Waals surface area contributed by atoms with Gasteiger partial charge in [-0.15, -0.1) is 0 Å². The van der Waals surface area contributed by atoms with Crippen LogP contribution < -0.4 is 0 Å². The standard InChI is InChI=1S/C12H12O5/c1-2-3-8(14)11-7-4-6(13)5-9(15)10(7)12(16)17-11/h4-5,11,13,15H,2-3H2,1H3. The van der Waals surface area contributed by atoms with Gasteiger partial charge in [-0.2, -0.15) is 0 Å². The molecule has 0 fully saturated rings. The molecule has 2 rings (SSSR count). The number of benzene rings is 1. The molecule has 0 bridgehead atoms. The van der Waals surface area contributed by atoms with Crippen LogP contribution in [-0.2, 0) is 9.53 Å². The summed E-state index contributed by atoms with van der Waals surface area (Å²) >= 11 is 0. The zero-order chi connectivity index (χ0) is 12.6. The summed E-state index contributed by atoms with van der Waals surface area (Å²) in [6, 6.07) is 2.32. The van der Waals surface area contributed by atoms with Gasteiger partial charge < -0.3 is 14.9 Å². The molecule has 1 aliphatic rings. The molecular weight excluding hydrogens is 224 g/mol. The molecule has 1 aliphatic heterocycles. The Morgan fingerprint density at radius 2 is 2.12 bits per heavy atom. The average Bonchev–Trinajstić information content (AvgIpc) is 2.56. The zero-order valence-corrected chi connectivity index (χ0v) is 9.27. The fourth-order valence-electron chi connectivity index (χ4n) is 1.91. The Morgan fingerprint density at radius 3 is 2.76 bits per heavy atom. The number of aromatic hydroxyl groups is 2. The Bertz CT molecular complexity index is 492. The van der Waals surface area contributed by atoms with Crippen molar-refractivity contribution in [2.45, 2.75) is 25.9 Å². The van der Waals surface area contributed by atoms with Crippen molar-refractivity contribution < 1.29 is 24.5 Å². The lowest BCUT2D eigenvalue weighted by Gasteiger charge is -2.08. The Hall–Kier alpha value is -2.04. The van der Waals surface area contributed by atoms with Gasteiger partial charge in [0.2, 0.25) is 0 Å². The van der Waals surface area contributed by atoms with Gasteiger partial charge in [0.1, 0.15) is 17.1 Å². The Labute approximate surface area is 97.6 Å². The molecule has 2 N–H and O–H groups in total.